The molecule has 118 valence electrons. The molecule has 1 saturated heterocycles. The number of hydrogen-bond acceptors (Lipinski definition) is 3. The van der Waals surface area contributed by atoms with Crippen LogP contribution in [0.5, 0.6) is 0 Å². The van der Waals surface area contributed by atoms with E-state index >= 15 is 0 Å². The van der Waals surface area contributed by atoms with Crippen molar-refractivity contribution >= 4 is 14.0 Å². The van der Waals surface area contributed by atoms with Gasteiger partial charge in [-0.15, -0.1) is 0 Å². The van der Waals surface area contributed by atoms with Crippen LogP contribution in [0.15, 0.2) is 53.3 Å². The molecule has 0 atom stereocenters. The molecule has 1 aliphatic rings. The second-order valence-corrected chi connectivity index (χ2v) is 11.9. The Labute approximate surface area is 134 Å². The van der Waals surface area contributed by atoms with Gasteiger partial charge in [0.1, 0.15) is 0 Å². The van der Waals surface area contributed by atoms with Crippen LogP contribution in [-0.4, -0.2) is 39.1 Å². The molecule has 1 aliphatic heterocycles. The highest BCUT2D eigenvalue weighted by Gasteiger charge is 2.24. The van der Waals surface area contributed by atoms with E-state index in [1.54, 1.807) is 6.08 Å². The molecule has 0 aromatic heterocycles. The van der Waals surface area contributed by atoms with Crippen LogP contribution in [0.3, 0.4) is 0 Å². The van der Waals surface area contributed by atoms with Crippen molar-refractivity contribution in [3.63, 3.8) is 0 Å². The average Bonchev–Trinajstić information content (AvgIpc) is 2.79. The Balaban J connectivity index is 2.19. The van der Waals surface area contributed by atoms with Crippen LogP contribution in [0, 0.1) is 0 Å². The van der Waals surface area contributed by atoms with Crippen LogP contribution < -0.4 is 0 Å². The summed E-state index contributed by atoms with van der Waals surface area (Å²) in [6, 6.07) is 10.4. The highest BCUT2D eigenvalue weighted by molar-refractivity contribution is 6.81. The second kappa shape index (κ2) is 7.07. The van der Waals surface area contributed by atoms with Gasteiger partial charge in [0, 0.05) is 25.7 Å². The Hall–Kier alpha value is -1.65. The van der Waals surface area contributed by atoms with E-state index in [2.05, 4.69) is 54.5 Å². The number of likely N-dealkylation sites (tertiary alicyclic amines) is 1. The topological polar surface area (TPSA) is 29.5 Å². The van der Waals surface area contributed by atoms with Gasteiger partial charge in [0.25, 0.3) is 0 Å². The first-order chi connectivity index (χ1) is 10.4. The minimum Gasteiger partial charge on any atom is -0.466 e. The van der Waals surface area contributed by atoms with Crippen molar-refractivity contribution < 1.29 is 9.53 Å². The van der Waals surface area contributed by atoms with Crippen molar-refractivity contribution in [2.24, 2.45) is 0 Å². The van der Waals surface area contributed by atoms with Crippen LogP contribution in [0.1, 0.15) is 5.56 Å². The molecule has 0 aliphatic carbocycles. The lowest BCUT2D eigenvalue weighted by Crippen LogP contribution is -2.20. The predicted molar refractivity (Wildman–Crippen MR) is 93.2 cm³/mol. The average molecular weight is 315 g/mol. The number of benzene rings is 1. The van der Waals surface area contributed by atoms with Gasteiger partial charge in [-0.3, -0.25) is 4.90 Å². The van der Waals surface area contributed by atoms with Gasteiger partial charge in [0.2, 0.25) is 0 Å². The number of ether oxygens (including phenoxy) is 1. The molecule has 2 rings (SSSR count). The minimum absolute atomic E-state index is 0.266. The smallest absolute Gasteiger partial charge is 0.330 e. The number of esters is 1. The zero-order valence-electron chi connectivity index (χ0n) is 13.9. The fraction of sp³-hybridized carbons (Fsp3) is 0.389. The fourth-order valence-corrected chi connectivity index (χ4v) is 4.02. The van der Waals surface area contributed by atoms with Crippen LogP contribution in [0.25, 0.3) is 0 Å². The molecule has 0 spiro atoms. The molecule has 3 nitrogen and oxygen atoms in total. The third-order valence-electron chi connectivity index (χ3n) is 3.55. The van der Waals surface area contributed by atoms with Crippen molar-refractivity contribution in [3.05, 3.63) is 58.8 Å². The van der Waals surface area contributed by atoms with E-state index in [1.165, 1.54) is 18.2 Å². The predicted octanol–water partition coefficient (Wildman–Crippen LogP) is 3.41. The van der Waals surface area contributed by atoms with E-state index in [-0.39, 0.29) is 5.97 Å². The van der Waals surface area contributed by atoms with E-state index in [0.29, 0.717) is 0 Å². The van der Waals surface area contributed by atoms with E-state index < -0.39 is 8.07 Å². The molecule has 0 unspecified atom stereocenters. The number of hydrogen-bond donors (Lipinski definition) is 0. The standard InChI is InChI=1S/C18H25NO2Si/c1-21-18(20)10-16-12-19(11-15-8-6-5-7-9-15)13-17(16)14-22(2,3)4/h5-10,14H,11-13H2,1-4H3/b16-10-,17-14-. The molecular formula is C18H25NO2Si. The van der Waals surface area contributed by atoms with Gasteiger partial charge in [0.05, 0.1) is 15.2 Å². The SMILES string of the molecule is COC(=O)/C=C1/CN(Cc2ccccc2)C/C1=C/[Si](C)(C)C. The Morgan fingerprint density at radius 3 is 2.41 bits per heavy atom. The zero-order valence-corrected chi connectivity index (χ0v) is 14.9. The fourth-order valence-electron chi connectivity index (χ4n) is 2.69. The largest absolute Gasteiger partial charge is 0.466 e. The number of carbonyl (C=O) groups excluding carboxylic acids is 1. The molecule has 0 radical (unpaired) electrons. The lowest BCUT2D eigenvalue weighted by Gasteiger charge is -2.14. The number of nitrogens with zero attached hydrogens (tertiary/aromatic N) is 1. The molecule has 0 bridgehead atoms. The molecule has 1 heterocycles. The highest BCUT2D eigenvalue weighted by atomic mass is 28.3. The summed E-state index contributed by atoms with van der Waals surface area (Å²) in [5, 5.41) is 0. The molecule has 1 fully saturated rings. The van der Waals surface area contributed by atoms with Gasteiger partial charge >= 0.3 is 5.97 Å². The van der Waals surface area contributed by atoms with Crippen molar-refractivity contribution in [1.29, 1.82) is 0 Å². The zero-order chi connectivity index (χ0) is 16.2. The number of methoxy groups -OCH3 is 1. The van der Waals surface area contributed by atoms with Gasteiger partial charge in [-0.25, -0.2) is 4.79 Å². The summed E-state index contributed by atoms with van der Waals surface area (Å²) in [5.74, 6) is -0.266. The molecule has 0 N–H and O–H groups in total. The summed E-state index contributed by atoms with van der Waals surface area (Å²) in [5.41, 5.74) is 6.09. The quantitative estimate of drug-likeness (QED) is 0.484. The van der Waals surface area contributed by atoms with Crippen LogP contribution in [-0.2, 0) is 16.1 Å². The summed E-state index contributed by atoms with van der Waals surface area (Å²) >= 11 is 0. The maximum absolute atomic E-state index is 11.6. The molecule has 1 aromatic carbocycles. The van der Waals surface area contributed by atoms with Crippen molar-refractivity contribution in [2.45, 2.75) is 26.2 Å². The maximum Gasteiger partial charge on any atom is 0.330 e. The van der Waals surface area contributed by atoms with E-state index in [1.807, 2.05) is 6.07 Å². The molecule has 22 heavy (non-hydrogen) atoms. The number of rotatable bonds is 4. The van der Waals surface area contributed by atoms with Crippen molar-refractivity contribution in [1.82, 2.24) is 4.90 Å². The first-order valence-corrected chi connectivity index (χ1v) is 11.2. The van der Waals surface area contributed by atoms with E-state index in [4.69, 9.17) is 4.74 Å². The number of carbonyl (C=O) groups is 1. The van der Waals surface area contributed by atoms with Gasteiger partial charge in [-0.2, -0.15) is 0 Å². The van der Waals surface area contributed by atoms with Crippen molar-refractivity contribution in [3.8, 4) is 0 Å². The van der Waals surface area contributed by atoms with Crippen LogP contribution in [0.4, 0.5) is 0 Å². The van der Waals surface area contributed by atoms with Crippen molar-refractivity contribution in [2.75, 3.05) is 20.2 Å². The van der Waals surface area contributed by atoms with E-state index in [0.717, 1.165) is 25.2 Å². The lowest BCUT2D eigenvalue weighted by molar-refractivity contribution is -0.134. The van der Waals surface area contributed by atoms with E-state index in [9.17, 15) is 4.79 Å². The Bertz CT molecular complexity index is 585. The molecule has 0 amide bonds. The summed E-state index contributed by atoms with van der Waals surface area (Å²) in [6.45, 7) is 9.56. The third-order valence-corrected chi connectivity index (χ3v) is 4.76. The van der Waals surface area contributed by atoms with Gasteiger partial charge in [0.15, 0.2) is 0 Å². The molecule has 0 saturated carbocycles. The molecule has 4 heteroatoms. The normalized spacial score (nSPS) is 19.8. The van der Waals surface area contributed by atoms with Crippen LogP contribution in [0.2, 0.25) is 19.6 Å². The van der Waals surface area contributed by atoms with Gasteiger partial charge in [-0.05, 0) is 16.7 Å². The maximum atomic E-state index is 11.6. The first kappa shape index (κ1) is 16.7. The Morgan fingerprint density at radius 1 is 1.18 bits per heavy atom. The van der Waals surface area contributed by atoms with Crippen LogP contribution >= 0.6 is 0 Å². The van der Waals surface area contributed by atoms with Gasteiger partial charge in [-0.1, -0.05) is 55.7 Å². The monoisotopic (exact) mass is 315 g/mol. The third kappa shape index (κ3) is 4.96. The summed E-state index contributed by atoms with van der Waals surface area (Å²) in [7, 11) is 0.1000. The summed E-state index contributed by atoms with van der Waals surface area (Å²) in [6.07, 6.45) is 1.65. The second-order valence-electron chi connectivity index (χ2n) is 6.86. The lowest BCUT2D eigenvalue weighted by atomic mass is 10.1. The Kier molecular flexibility index (Phi) is 5.37. The minimum atomic E-state index is -1.33. The Morgan fingerprint density at radius 2 is 1.82 bits per heavy atom. The van der Waals surface area contributed by atoms with Gasteiger partial charge < -0.3 is 4.74 Å². The first-order valence-electron chi connectivity index (χ1n) is 7.64. The highest BCUT2D eigenvalue weighted by Crippen LogP contribution is 2.25. The molecular weight excluding hydrogens is 290 g/mol. The summed E-state index contributed by atoms with van der Waals surface area (Å²) < 4.78 is 4.79. The molecule has 1 aromatic rings. The summed E-state index contributed by atoms with van der Waals surface area (Å²) in [4.78, 5) is 14.0.